The van der Waals surface area contributed by atoms with E-state index in [4.69, 9.17) is 4.74 Å². The fourth-order valence-electron chi connectivity index (χ4n) is 1.84. The molecule has 0 aliphatic heterocycles. The minimum atomic E-state index is 0.630. The van der Waals surface area contributed by atoms with Gasteiger partial charge in [0.1, 0.15) is 11.4 Å². The molecule has 5 heteroatoms. The monoisotopic (exact) mass is 380 g/mol. The first-order chi connectivity index (χ1) is 9.28. The average Bonchev–Trinajstić information content (AvgIpc) is 2.78. The number of ether oxygens (including phenoxy) is 1. The van der Waals surface area contributed by atoms with Gasteiger partial charge in [0.15, 0.2) is 0 Å². The van der Waals surface area contributed by atoms with E-state index in [9.17, 15) is 0 Å². The second kappa shape index (κ2) is 5.35. The lowest BCUT2D eigenvalue weighted by Gasteiger charge is -2.04. The molecule has 0 bridgehead atoms. The molecule has 0 aliphatic carbocycles. The van der Waals surface area contributed by atoms with E-state index in [1.807, 2.05) is 53.1 Å². The molecule has 2 aromatic heterocycles. The third-order valence-corrected chi connectivity index (χ3v) is 3.81. The number of rotatable bonds is 3. The Kier molecular flexibility index (Phi) is 3.57. The van der Waals surface area contributed by atoms with Crippen LogP contribution >= 0.6 is 31.9 Å². The highest BCUT2D eigenvalue weighted by atomic mass is 79.9. The Bertz CT molecular complexity index is 707. The number of fused-ring (bicyclic) bond motifs is 1. The fraction of sp³-hybridized carbons (Fsp3) is 0.0714. The Labute approximate surface area is 127 Å². The van der Waals surface area contributed by atoms with Crippen LogP contribution in [0.25, 0.3) is 5.65 Å². The lowest BCUT2D eigenvalue weighted by atomic mass is 10.3. The van der Waals surface area contributed by atoms with Gasteiger partial charge < -0.3 is 4.74 Å². The minimum absolute atomic E-state index is 0.630. The number of aromatic nitrogens is 2. The molecule has 0 amide bonds. The van der Waals surface area contributed by atoms with Crippen LogP contribution in [0.3, 0.4) is 0 Å². The molecular formula is C14H10Br2N2O. The van der Waals surface area contributed by atoms with E-state index in [0.29, 0.717) is 11.2 Å². The predicted molar refractivity (Wildman–Crippen MR) is 82.0 cm³/mol. The molecule has 1 aromatic carbocycles. The second-order valence-electron chi connectivity index (χ2n) is 3.98. The van der Waals surface area contributed by atoms with E-state index in [-0.39, 0.29) is 0 Å². The van der Waals surface area contributed by atoms with Crippen LogP contribution in [0, 0.1) is 0 Å². The topological polar surface area (TPSA) is 26.5 Å². The van der Waals surface area contributed by atoms with Crippen molar-refractivity contribution in [3.63, 3.8) is 0 Å². The maximum absolute atomic E-state index is 5.86. The molecule has 96 valence electrons. The number of benzene rings is 1. The summed E-state index contributed by atoms with van der Waals surface area (Å²) >= 11 is 6.89. The van der Waals surface area contributed by atoms with Crippen molar-refractivity contribution in [1.29, 1.82) is 0 Å². The quantitative estimate of drug-likeness (QED) is 0.610. The Morgan fingerprint density at radius 2 is 1.89 bits per heavy atom. The van der Waals surface area contributed by atoms with Crippen LogP contribution in [0.1, 0.15) is 5.69 Å². The third kappa shape index (κ3) is 2.53. The molecular weight excluding hydrogens is 372 g/mol. The smallest absolute Gasteiger partial charge is 0.242 e. The van der Waals surface area contributed by atoms with E-state index in [1.165, 1.54) is 0 Å². The zero-order valence-corrected chi connectivity index (χ0v) is 13.1. The van der Waals surface area contributed by atoms with Gasteiger partial charge in [-0.25, -0.2) is 0 Å². The zero-order chi connectivity index (χ0) is 13.2. The van der Waals surface area contributed by atoms with Crippen LogP contribution in [0.15, 0.2) is 53.1 Å². The summed E-state index contributed by atoms with van der Waals surface area (Å²) in [4.78, 5) is 4.50. The summed E-state index contributed by atoms with van der Waals surface area (Å²) in [7, 11) is 0. The van der Waals surface area contributed by atoms with Crippen LogP contribution in [0.4, 0.5) is 0 Å². The Morgan fingerprint density at radius 3 is 2.63 bits per heavy atom. The van der Waals surface area contributed by atoms with Gasteiger partial charge in [0.05, 0.1) is 5.69 Å². The summed E-state index contributed by atoms with van der Waals surface area (Å²) < 4.78 is 8.90. The number of alkyl halides is 1. The number of imidazole rings is 1. The van der Waals surface area contributed by atoms with Gasteiger partial charge in [-0.3, -0.25) is 4.40 Å². The Hall–Kier alpha value is -1.33. The number of nitrogens with zero attached hydrogens (tertiary/aromatic N) is 2. The average molecular weight is 382 g/mol. The van der Waals surface area contributed by atoms with E-state index in [2.05, 4.69) is 36.8 Å². The van der Waals surface area contributed by atoms with Gasteiger partial charge in [0.25, 0.3) is 0 Å². The van der Waals surface area contributed by atoms with Gasteiger partial charge in [-0.05, 0) is 36.4 Å². The van der Waals surface area contributed by atoms with Gasteiger partial charge >= 0.3 is 0 Å². The zero-order valence-electron chi connectivity index (χ0n) is 9.88. The van der Waals surface area contributed by atoms with Crippen LogP contribution < -0.4 is 4.74 Å². The van der Waals surface area contributed by atoms with Crippen LogP contribution in [0.5, 0.6) is 11.6 Å². The van der Waals surface area contributed by atoms with E-state index in [1.54, 1.807) is 0 Å². The van der Waals surface area contributed by atoms with Gasteiger partial charge in [0.2, 0.25) is 5.88 Å². The summed E-state index contributed by atoms with van der Waals surface area (Å²) in [6, 6.07) is 13.6. The summed E-state index contributed by atoms with van der Waals surface area (Å²) in [5, 5.41) is 0.685. The van der Waals surface area contributed by atoms with Crippen LogP contribution in [0.2, 0.25) is 0 Å². The fourth-order valence-corrected chi connectivity index (χ4v) is 2.62. The standard InChI is InChI=1S/C14H10Br2N2O/c15-9-12-14(17-13-3-1-2-8-18(12)13)19-11-6-4-10(16)5-7-11/h1-8H,9H2. The minimum Gasteiger partial charge on any atom is -0.437 e. The maximum atomic E-state index is 5.86. The molecule has 19 heavy (non-hydrogen) atoms. The lowest BCUT2D eigenvalue weighted by molar-refractivity contribution is 0.461. The highest BCUT2D eigenvalue weighted by Gasteiger charge is 2.12. The van der Waals surface area contributed by atoms with Crippen LogP contribution in [-0.2, 0) is 5.33 Å². The molecule has 0 unspecified atom stereocenters. The molecule has 0 N–H and O–H groups in total. The lowest BCUT2D eigenvalue weighted by Crippen LogP contribution is -1.91. The Balaban J connectivity index is 2.02. The Morgan fingerprint density at radius 1 is 1.11 bits per heavy atom. The first-order valence-corrected chi connectivity index (χ1v) is 7.65. The van der Waals surface area contributed by atoms with Crippen molar-refractivity contribution in [2.75, 3.05) is 0 Å². The molecule has 3 nitrogen and oxygen atoms in total. The van der Waals surface area contributed by atoms with Crippen molar-refractivity contribution in [3.05, 3.63) is 58.8 Å². The van der Waals surface area contributed by atoms with Crippen molar-refractivity contribution in [2.24, 2.45) is 0 Å². The molecule has 0 radical (unpaired) electrons. The number of hydrogen-bond donors (Lipinski definition) is 0. The van der Waals surface area contributed by atoms with Gasteiger partial charge in [-0.2, -0.15) is 4.98 Å². The largest absolute Gasteiger partial charge is 0.437 e. The van der Waals surface area contributed by atoms with Gasteiger partial charge in [-0.15, -0.1) is 0 Å². The molecule has 2 heterocycles. The summed E-state index contributed by atoms with van der Waals surface area (Å²) in [5.41, 5.74) is 1.88. The maximum Gasteiger partial charge on any atom is 0.242 e. The van der Waals surface area contributed by atoms with Gasteiger partial charge in [0, 0.05) is 16.0 Å². The SMILES string of the molecule is BrCc1c(Oc2ccc(Br)cc2)nc2ccccn12. The van der Waals surface area contributed by atoms with E-state index >= 15 is 0 Å². The van der Waals surface area contributed by atoms with Crippen molar-refractivity contribution in [3.8, 4) is 11.6 Å². The molecule has 0 saturated heterocycles. The molecule has 0 fully saturated rings. The highest BCUT2D eigenvalue weighted by molar-refractivity contribution is 9.10. The number of hydrogen-bond acceptors (Lipinski definition) is 2. The van der Waals surface area contributed by atoms with Crippen molar-refractivity contribution in [1.82, 2.24) is 9.38 Å². The molecule has 3 rings (SSSR count). The summed E-state index contributed by atoms with van der Waals surface area (Å²) in [5.74, 6) is 1.40. The third-order valence-electron chi connectivity index (χ3n) is 2.75. The van der Waals surface area contributed by atoms with E-state index < -0.39 is 0 Å². The summed E-state index contributed by atoms with van der Waals surface area (Å²) in [6.07, 6.45) is 1.98. The first-order valence-electron chi connectivity index (χ1n) is 5.73. The van der Waals surface area contributed by atoms with Gasteiger partial charge in [-0.1, -0.05) is 37.9 Å². The molecule has 0 saturated carbocycles. The van der Waals surface area contributed by atoms with E-state index in [0.717, 1.165) is 21.6 Å². The molecule has 0 spiro atoms. The summed E-state index contributed by atoms with van der Waals surface area (Å²) in [6.45, 7) is 0. The first kappa shape index (κ1) is 12.7. The number of pyridine rings is 1. The van der Waals surface area contributed by atoms with Crippen molar-refractivity contribution >= 4 is 37.5 Å². The number of halogens is 2. The predicted octanol–water partition coefficient (Wildman–Crippen LogP) is 4.78. The van der Waals surface area contributed by atoms with Crippen molar-refractivity contribution < 1.29 is 4.74 Å². The second-order valence-corrected chi connectivity index (χ2v) is 5.46. The van der Waals surface area contributed by atoms with Crippen molar-refractivity contribution in [2.45, 2.75) is 5.33 Å². The highest BCUT2D eigenvalue weighted by Crippen LogP contribution is 2.28. The molecule has 0 aliphatic rings. The normalized spacial score (nSPS) is 10.8. The van der Waals surface area contributed by atoms with Crippen LogP contribution in [-0.4, -0.2) is 9.38 Å². The molecule has 3 aromatic rings. The molecule has 0 atom stereocenters.